The monoisotopic (exact) mass is 286 g/mol. The van der Waals surface area contributed by atoms with E-state index in [1.54, 1.807) is 19.1 Å². The Morgan fingerprint density at radius 1 is 1.10 bits per heavy atom. The standard InChI is InChI=1S/C18H22O3/c1-2-21-16(20)18(12-17(13-18)10-6-7-11-17)15(19)14-8-4-3-5-9-14/h3-5,8-9H,2,6-7,10-13H2,1H3. The van der Waals surface area contributed by atoms with E-state index in [-0.39, 0.29) is 17.2 Å². The Morgan fingerprint density at radius 2 is 1.71 bits per heavy atom. The van der Waals surface area contributed by atoms with Crippen LogP contribution in [0.15, 0.2) is 30.3 Å². The average molecular weight is 286 g/mol. The van der Waals surface area contributed by atoms with E-state index in [0.29, 0.717) is 25.0 Å². The third-order valence-corrected chi connectivity index (χ3v) is 5.15. The third-order valence-electron chi connectivity index (χ3n) is 5.15. The second-order valence-corrected chi connectivity index (χ2v) is 6.56. The predicted molar refractivity (Wildman–Crippen MR) is 80.0 cm³/mol. The maximum absolute atomic E-state index is 12.9. The van der Waals surface area contributed by atoms with Crippen molar-refractivity contribution in [1.82, 2.24) is 0 Å². The summed E-state index contributed by atoms with van der Waals surface area (Å²) in [6.07, 6.45) is 6.09. The van der Waals surface area contributed by atoms with Crippen molar-refractivity contribution < 1.29 is 14.3 Å². The van der Waals surface area contributed by atoms with Crippen LogP contribution < -0.4 is 0 Å². The molecule has 0 bridgehead atoms. The zero-order valence-corrected chi connectivity index (χ0v) is 12.6. The van der Waals surface area contributed by atoms with E-state index in [1.165, 1.54) is 12.8 Å². The highest BCUT2D eigenvalue weighted by Crippen LogP contribution is 2.63. The topological polar surface area (TPSA) is 43.4 Å². The molecule has 0 aliphatic heterocycles. The number of Topliss-reactive ketones (excluding diaryl/α,β-unsaturated/α-hetero) is 1. The number of carbonyl (C=O) groups is 2. The van der Waals surface area contributed by atoms with Crippen LogP contribution in [0.4, 0.5) is 0 Å². The van der Waals surface area contributed by atoms with Crippen molar-refractivity contribution in [2.45, 2.75) is 45.4 Å². The molecule has 1 spiro atoms. The van der Waals surface area contributed by atoms with Gasteiger partial charge in [-0.25, -0.2) is 0 Å². The van der Waals surface area contributed by atoms with Gasteiger partial charge in [0.15, 0.2) is 5.78 Å². The van der Waals surface area contributed by atoms with Gasteiger partial charge < -0.3 is 4.74 Å². The van der Waals surface area contributed by atoms with Crippen LogP contribution in [0.1, 0.15) is 55.8 Å². The van der Waals surface area contributed by atoms with E-state index in [1.807, 2.05) is 18.2 Å². The molecule has 0 radical (unpaired) electrons. The van der Waals surface area contributed by atoms with E-state index in [2.05, 4.69) is 0 Å². The first-order chi connectivity index (χ1) is 10.1. The molecule has 21 heavy (non-hydrogen) atoms. The number of hydrogen-bond donors (Lipinski definition) is 0. The molecule has 1 aromatic carbocycles. The Bertz CT molecular complexity index is 533. The maximum Gasteiger partial charge on any atom is 0.320 e. The molecule has 0 N–H and O–H groups in total. The van der Waals surface area contributed by atoms with Gasteiger partial charge >= 0.3 is 5.97 Å². The summed E-state index contributed by atoms with van der Waals surface area (Å²) < 4.78 is 5.23. The lowest BCUT2D eigenvalue weighted by atomic mass is 9.49. The molecule has 112 valence electrons. The molecule has 0 saturated heterocycles. The average Bonchev–Trinajstić information content (AvgIpc) is 2.95. The minimum absolute atomic E-state index is 0.0564. The fraction of sp³-hybridized carbons (Fsp3) is 0.556. The zero-order chi connectivity index (χ0) is 14.9. The fourth-order valence-electron chi connectivity index (χ4n) is 4.24. The normalized spacial score (nSPS) is 21.8. The molecule has 0 atom stereocenters. The van der Waals surface area contributed by atoms with Crippen LogP contribution >= 0.6 is 0 Å². The van der Waals surface area contributed by atoms with Crippen molar-refractivity contribution >= 4 is 11.8 Å². The summed E-state index contributed by atoms with van der Waals surface area (Å²) in [6.45, 7) is 2.12. The zero-order valence-electron chi connectivity index (χ0n) is 12.6. The molecule has 0 unspecified atom stereocenters. The lowest BCUT2D eigenvalue weighted by molar-refractivity contribution is -0.165. The molecular weight excluding hydrogens is 264 g/mol. The number of ether oxygens (including phenoxy) is 1. The maximum atomic E-state index is 12.9. The van der Waals surface area contributed by atoms with Crippen molar-refractivity contribution in [2.24, 2.45) is 10.8 Å². The second kappa shape index (κ2) is 5.28. The van der Waals surface area contributed by atoms with Crippen LogP contribution in [-0.4, -0.2) is 18.4 Å². The highest BCUT2D eigenvalue weighted by molar-refractivity contribution is 6.13. The Labute approximate surface area is 125 Å². The molecule has 3 heteroatoms. The predicted octanol–water partition coefficient (Wildman–Crippen LogP) is 3.77. The van der Waals surface area contributed by atoms with Crippen LogP contribution in [0, 0.1) is 10.8 Å². The first-order valence-corrected chi connectivity index (χ1v) is 7.89. The summed E-state index contributed by atoms with van der Waals surface area (Å²) in [6, 6.07) is 9.16. The summed E-state index contributed by atoms with van der Waals surface area (Å²) in [5.74, 6) is -0.379. The Kier molecular flexibility index (Phi) is 3.60. The summed E-state index contributed by atoms with van der Waals surface area (Å²) in [5, 5.41) is 0. The van der Waals surface area contributed by atoms with Crippen molar-refractivity contribution in [3.8, 4) is 0 Å². The lowest BCUT2D eigenvalue weighted by Gasteiger charge is -2.52. The van der Waals surface area contributed by atoms with Gasteiger partial charge in [0, 0.05) is 5.56 Å². The van der Waals surface area contributed by atoms with Gasteiger partial charge in [-0.15, -0.1) is 0 Å². The number of hydrogen-bond acceptors (Lipinski definition) is 3. The quantitative estimate of drug-likeness (QED) is 0.480. The van der Waals surface area contributed by atoms with Crippen molar-refractivity contribution in [3.05, 3.63) is 35.9 Å². The number of esters is 1. The number of carbonyl (C=O) groups excluding carboxylic acids is 2. The molecule has 1 aromatic rings. The largest absolute Gasteiger partial charge is 0.465 e. The molecular formula is C18H22O3. The van der Waals surface area contributed by atoms with Gasteiger partial charge in [0.1, 0.15) is 5.41 Å². The first kappa shape index (κ1) is 14.3. The van der Waals surface area contributed by atoms with Crippen molar-refractivity contribution in [3.63, 3.8) is 0 Å². The molecule has 3 rings (SSSR count). The SMILES string of the molecule is CCOC(=O)C1(C(=O)c2ccccc2)CC2(CCCC2)C1. The van der Waals surface area contributed by atoms with Crippen LogP contribution in [0.25, 0.3) is 0 Å². The molecule has 2 aliphatic carbocycles. The minimum Gasteiger partial charge on any atom is -0.465 e. The molecule has 2 fully saturated rings. The fourth-order valence-corrected chi connectivity index (χ4v) is 4.24. The molecule has 2 saturated carbocycles. The van der Waals surface area contributed by atoms with Crippen LogP contribution in [0.5, 0.6) is 0 Å². The first-order valence-electron chi connectivity index (χ1n) is 7.89. The summed E-state index contributed by atoms with van der Waals surface area (Å²) in [7, 11) is 0. The van der Waals surface area contributed by atoms with Crippen LogP contribution in [0.2, 0.25) is 0 Å². The van der Waals surface area contributed by atoms with Gasteiger partial charge in [-0.05, 0) is 38.0 Å². The van der Waals surface area contributed by atoms with Crippen LogP contribution in [-0.2, 0) is 9.53 Å². The molecule has 0 amide bonds. The van der Waals surface area contributed by atoms with E-state index in [4.69, 9.17) is 4.74 Å². The number of rotatable bonds is 4. The van der Waals surface area contributed by atoms with Gasteiger partial charge in [0.05, 0.1) is 6.61 Å². The van der Waals surface area contributed by atoms with E-state index in [0.717, 1.165) is 12.8 Å². The van der Waals surface area contributed by atoms with E-state index >= 15 is 0 Å². The van der Waals surface area contributed by atoms with Gasteiger partial charge in [-0.3, -0.25) is 9.59 Å². The van der Waals surface area contributed by atoms with Gasteiger partial charge in [-0.1, -0.05) is 43.2 Å². The van der Waals surface area contributed by atoms with Gasteiger partial charge in [-0.2, -0.15) is 0 Å². The van der Waals surface area contributed by atoms with E-state index < -0.39 is 5.41 Å². The van der Waals surface area contributed by atoms with Crippen molar-refractivity contribution in [1.29, 1.82) is 0 Å². The lowest BCUT2D eigenvalue weighted by Crippen LogP contribution is -2.55. The third kappa shape index (κ3) is 2.29. The van der Waals surface area contributed by atoms with Crippen molar-refractivity contribution in [2.75, 3.05) is 6.61 Å². The van der Waals surface area contributed by atoms with Crippen LogP contribution in [0.3, 0.4) is 0 Å². The highest BCUT2D eigenvalue weighted by Gasteiger charge is 2.63. The van der Waals surface area contributed by atoms with Gasteiger partial charge in [0.2, 0.25) is 0 Å². The second-order valence-electron chi connectivity index (χ2n) is 6.56. The van der Waals surface area contributed by atoms with E-state index in [9.17, 15) is 9.59 Å². The number of benzene rings is 1. The summed E-state index contributed by atoms with van der Waals surface area (Å²) >= 11 is 0. The molecule has 0 aromatic heterocycles. The molecule has 0 heterocycles. The Hall–Kier alpha value is -1.64. The van der Waals surface area contributed by atoms with Gasteiger partial charge in [0.25, 0.3) is 0 Å². The molecule has 3 nitrogen and oxygen atoms in total. The Morgan fingerprint density at radius 3 is 2.29 bits per heavy atom. The summed E-state index contributed by atoms with van der Waals surface area (Å²) in [5.41, 5.74) is -0.0859. The minimum atomic E-state index is -0.929. The number of ketones is 1. The highest BCUT2D eigenvalue weighted by atomic mass is 16.5. The molecule has 2 aliphatic rings. The summed E-state index contributed by atoms with van der Waals surface area (Å²) in [4.78, 5) is 25.4. The smallest absolute Gasteiger partial charge is 0.320 e. The Balaban J connectivity index is 1.87.